The zero-order valence-electron chi connectivity index (χ0n) is 14.0. The zero-order chi connectivity index (χ0) is 16.4. The molecule has 1 fully saturated rings. The summed E-state index contributed by atoms with van der Waals surface area (Å²) in [6, 6.07) is 8.74. The van der Waals surface area contributed by atoms with Crippen LogP contribution in [0.15, 0.2) is 30.5 Å². The topological polar surface area (TPSA) is 59.0 Å². The van der Waals surface area contributed by atoms with Gasteiger partial charge in [-0.15, -0.1) is 0 Å². The molecule has 0 bridgehead atoms. The normalized spacial score (nSPS) is 21.2. The highest BCUT2D eigenvalue weighted by Crippen LogP contribution is 2.18. The summed E-state index contributed by atoms with van der Waals surface area (Å²) < 4.78 is 1.84. The molecule has 3 rings (SSSR count). The van der Waals surface area contributed by atoms with E-state index in [1.54, 1.807) is 6.20 Å². The lowest BCUT2D eigenvalue weighted by atomic mass is 10.0. The van der Waals surface area contributed by atoms with E-state index in [1.165, 1.54) is 0 Å². The molecule has 0 spiro atoms. The Balaban J connectivity index is 1.79. The number of rotatable bonds is 3. The van der Waals surface area contributed by atoms with E-state index >= 15 is 0 Å². The molecule has 5 nitrogen and oxygen atoms in total. The molecule has 1 aliphatic rings. The van der Waals surface area contributed by atoms with Crippen molar-refractivity contribution in [2.45, 2.75) is 45.7 Å². The molecule has 2 N–H and O–H groups in total. The Bertz CT molecular complexity index is 707. The second-order valence-electron chi connectivity index (χ2n) is 6.39. The third-order valence-electron chi connectivity index (χ3n) is 4.56. The van der Waals surface area contributed by atoms with Crippen LogP contribution in [0.5, 0.6) is 0 Å². The molecular formula is C18H24N4O. The minimum atomic E-state index is -0.0264. The van der Waals surface area contributed by atoms with Crippen molar-refractivity contribution < 1.29 is 4.79 Å². The van der Waals surface area contributed by atoms with Crippen LogP contribution in [-0.4, -0.2) is 34.3 Å². The Hall–Kier alpha value is -2.14. The highest BCUT2D eigenvalue weighted by Gasteiger charge is 2.22. The molecule has 2 atom stereocenters. The van der Waals surface area contributed by atoms with Gasteiger partial charge in [0.2, 0.25) is 0 Å². The average molecular weight is 312 g/mol. The predicted molar refractivity (Wildman–Crippen MR) is 91.0 cm³/mol. The van der Waals surface area contributed by atoms with E-state index in [4.69, 9.17) is 0 Å². The summed E-state index contributed by atoms with van der Waals surface area (Å²) in [6.45, 7) is 7.10. The van der Waals surface area contributed by atoms with Crippen LogP contribution >= 0.6 is 0 Å². The molecule has 2 heterocycles. The Morgan fingerprint density at radius 2 is 2.13 bits per heavy atom. The van der Waals surface area contributed by atoms with Crippen LogP contribution < -0.4 is 10.6 Å². The SMILES string of the molecule is Cc1ccccc1-n1ncc(C(=O)NC2CCNC(C)C2)c1C. The van der Waals surface area contributed by atoms with Gasteiger partial charge < -0.3 is 10.6 Å². The third kappa shape index (κ3) is 3.29. The fourth-order valence-electron chi connectivity index (χ4n) is 3.20. The van der Waals surface area contributed by atoms with Crippen molar-refractivity contribution >= 4 is 5.91 Å². The quantitative estimate of drug-likeness (QED) is 0.915. The van der Waals surface area contributed by atoms with Crippen LogP contribution in [0, 0.1) is 13.8 Å². The summed E-state index contributed by atoms with van der Waals surface area (Å²) in [5.41, 5.74) is 3.68. The zero-order valence-corrected chi connectivity index (χ0v) is 14.0. The maximum absolute atomic E-state index is 12.6. The fraction of sp³-hybridized carbons (Fsp3) is 0.444. The highest BCUT2D eigenvalue weighted by atomic mass is 16.1. The van der Waals surface area contributed by atoms with Gasteiger partial charge in [0.15, 0.2) is 0 Å². The van der Waals surface area contributed by atoms with E-state index in [9.17, 15) is 4.79 Å². The minimum absolute atomic E-state index is 0.0264. The first-order chi connectivity index (χ1) is 11.1. The summed E-state index contributed by atoms with van der Waals surface area (Å²) in [7, 11) is 0. The smallest absolute Gasteiger partial charge is 0.254 e. The number of aromatic nitrogens is 2. The summed E-state index contributed by atoms with van der Waals surface area (Å²) in [5.74, 6) is -0.0264. The van der Waals surface area contributed by atoms with Crippen LogP contribution in [0.25, 0.3) is 5.69 Å². The second-order valence-corrected chi connectivity index (χ2v) is 6.39. The Morgan fingerprint density at radius 1 is 1.35 bits per heavy atom. The minimum Gasteiger partial charge on any atom is -0.349 e. The molecule has 0 aliphatic carbocycles. The van der Waals surface area contributed by atoms with Crippen molar-refractivity contribution in [2.75, 3.05) is 6.54 Å². The Kier molecular flexibility index (Phi) is 4.48. The number of nitrogens with one attached hydrogen (secondary N) is 2. The summed E-state index contributed by atoms with van der Waals surface area (Å²) >= 11 is 0. The number of carbonyl (C=O) groups excluding carboxylic acids is 1. The highest BCUT2D eigenvalue weighted by molar-refractivity contribution is 5.95. The van der Waals surface area contributed by atoms with Crippen LogP contribution in [-0.2, 0) is 0 Å². The number of para-hydroxylation sites is 1. The molecule has 0 saturated carbocycles. The molecule has 122 valence electrons. The van der Waals surface area contributed by atoms with Crippen molar-refractivity contribution in [3.05, 3.63) is 47.3 Å². The lowest BCUT2D eigenvalue weighted by Gasteiger charge is -2.28. The van der Waals surface area contributed by atoms with Crippen LogP contribution in [0.3, 0.4) is 0 Å². The van der Waals surface area contributed by atoms with Gasteiger partial charge in [-0.3, -0.25) is 4.79 Å². The molecule has 5 heteroatoms. The van der Waals surface area contributed by atoms with Crippen molar-refractivity contribution in [3.63, 3.8) is 0 Å². The van der Waals surface area contributed by atoms with Gasteiger partial charge in [-0.2, -0.15) is 5.10 Å². The van der Waals surface area contributed by atoms with Gasteiger partial charge in [-0.25, -0.2) is 4.68 Å². The average Bonchev–Trinajstić information content (AvgIpc) is 2.89. The summed E-state index contributed by atoms with van der Waals surface area (Å²) in [4.78, 5) is 12.6. The molecule has 2 aromatic rings. The molecule has 0 radical (unpaired) electrons. The van der Waals surface area contributed by atoms with Crippen LogP contribution in [0.2, 0.25) is 0 Å². The van der Waals surface area contributed by atoms with Gasteiger partial charge in [0.1, 0.15) is 0 Å². The van der Waals surface area contributed by atoms with E-state index in [2.05, 4.69) is 22.7 Å². The van der Waals surface area contributed by atoms with Gasteiger partial charge >= 0.3 is 0 Å². The molecule has 1 aromatic carbocycles. The first-order valence-electron chi connectivity index (χ1n) is 8.21. The number of amides is 1. The molecule has 2 unspecified atom stereocenters. The standard InChI is InChI=1S/C18H24N4O/c1-12-6-4-5-7-17(12)22-14(3)16(11-20-22)18(23)21-15-8-9-19-13(2)10-15/h4-7,11,13,15,19H,8-10H2,1-3H3,(H,21,23). The van der Waals surface area contributed by atoms with Gasteiger partial charge in [0.25, 0.3) is 5.91 Å². The van der Waals surface area contributed by atoms with Crippen molar-refractivity contribution in [2.24, 2.45) is 0 Å². The lowest BCUT2D eigenvalue weighted by molar-refractivity contribution is 0.0925. The first-order valence-corrected chi connectivity index (χ1v) is 8.21. The number of aryl methyl sites for hydroxylation is 1. The maximum atomic E-state index is 12.6. The Morgan fingerprint density at radius 3 is 2.87 bits per heavy atom. The summed E-state index contributed by atoms with van der Waals surface area (Å²) in [6.07, 6.45) is 3.61. The van der Waals surface area contributed by atoms with Gasteiger partial charge in [0, 0.05) is 12.1 Å². The van der Waals surface area contributed by atoms with Crippen LogP contribution in [0.1, 0.15) is 41.4 Å². The van der Waals surface area contributed by atoms with E-state index in [0.717, 1.165) is 36.3 Å². The number of carbonyl (C=O) groups is 1. The molecular weight excluding hydrogens is 288 g/mol. The number of piperidine rings is 1. The van der Waals surface area contributed by atoms with Gasteiger partial charge in [-0.1, -0.05) is 18.2 Å². The van der Waals surface area contributed by atoms with E-state index < -0.39 is 0 Å². The molecule has 1 aliphatic heterocycles. The molecule has 23 heavy (non-hydrogen) atoms. The Labute approximate surface area is 137 Å². The van der Waals surface area contributed by atoms with Gasteiger partial charge in [-0.05, 0) is 51.8 Å². The predicted octanol–water partition coefficient (Wildman–Crippen LogP) is 2.36. The number of hydrogen-bond donors (Lipinski definition) is 2. The van der Waals surface area contributed by atoms with E-state index in [1.807, 2.05) is 42.8 Å². The van der Waals surface area contributed by atoms with Gasteiger partial charge in [0.05, 0.1) is 23.1 Å². The number of hydrogen-bond acceptors (Lipinski definition) is 3. The lowest BCUT2D eigenvalue weighted by Crippen LogP contribution is -2.46. The monoisotopic (exact) mass is 312 g/mol. The van der Waals surface area contributed by atoms with E-state index in [-0.39, 0.29) is 11.9 Å². The summed E-state index contributed by atoms with van der Waals surface area (Å²) in [5, 5.41) is 11.0. The molecule has 1 amide bonds. The van der Waals surface area contributed by atoms with Crippen molar-refractivity contribution in [1.82, 2.24) is 20.4 Å². The molecule has 1 aromatic heterocycles. The second kappa shape index (κ2) is 6.54. The van der Waals surface area contributed by atoms with Crippen LogP contribution in [0.4, 0.5) is 0 Å². The number of benzene rings is 1. The largest absolute Gasteiger partial charge is 0.349 e. The van der Waals surface area contributed by atoms with E-state index in [0.29, 0.717) is 11.6 Å². The maximum Gasteiger partial charge on any atom is 0.254 e. The van der Waals surface area contributed by atoms with Crippen molar-refractivity contribution in [3.8, 4) is 5.69 Å². The fourth-order valence-corrected chi connectivity index (χ4v) is 3.20. The first kappa shape index (κ1) is 15.7. The molecule has 1 saturated heterocycles. The third-order valence-corrected chi connectivity index (χ3v) is 4.56. The van der Waals surface area contributed by atoms with Crippen molar-refractivity contribution in [1.29, 1.82) is 0 Å². The number of nitrogens with zero attached hydrogens (tertiary/aromatic N) is 2.